The Bertz CT molecular complexity index is 1370. The number of halogens is 2. The van der Waals surface area contributed by atoms with Gasteiger partial charge in [-0.3, -0.25) is 9.10 Å². The van der Waals surface area contributed by atoms with Crippen LogP contribution in [0, 0.1) is 0 Å². The molecule has 0 radical (unpaired) electrons. The van der Waals surface area contributed by atoms with Crippen molar-refractivity contribution in [2.75, 3.05) is 32.2 Å². The van der Waals surface area contributed by atoms with Gasteiger partial charge < -0.3 is 14.2 Å². The molecule has 0 heterocycles. The van der Waals surface area contributed by atoms with E-state index >= 15 is 0 Å². The number of ether oxygens (including phenoxy) is 3. The SMILES string of the molecule is COc1ccc(S(=O)(=O)N(CC(=O)N/N=C\c2cc(Br)c(OC)c(OC)c2)c2cccc(Cl)c2)cc1. The minimum atomic E-state index is -4.12. The Morgan fingerprint density at radius 2 is 1.78 bits per heavy atom. The highest BCUT2D eigenvalue weighted by atomic mass is 79.9. The molecule has 9 nitrogen and oxygen atoms in total. The van der Waals surface area contributed by atoms with Gasteiger partial charge in [0.2, 0.25) is 0 Å². The predicted molar refractivity (Wildman–Crippen MR) is 142 cm³/mol. The average Bonchev–Trinajstić information content (AvgIpc) is 2.86. The van der Waals surface area contributed by atoms with Crippen LogP contribution in [0.2, 0.25) is 5.02 Å². The molecule has 0 unspecified atom stereocenters. The van der Waals surface area contributed by atoms with Crippen molar-refractivity contribution in [1.82, 2.24) is 5.43 Å². The van der Waals surface area contributed by atoms with Gasteiger partial charge >= 0.3 is 0 Å². The highest BCUT2D eigenvalue weighted by Crippen LogP contribution is 2.35. The van der Waals surface area contributed by atoms with Crippen LogP contribution < -0.4 is 23.9 Å². The van der Waals surface area contributed by atoms with E-state index in [1.807, 2.05) is 0 Å². The van der Waals surface area contributed by atoms with Crippen LogP contribution in [0.25, 0.3) is 0 Å². The number of amides is 1. The number of sulfonamides is 1. The van der Waals surface area contributed by atoms with Gasteiger partial charge in [-0.05, 0) is 76.1 Å². The van der Waals surface area contributed by atoms with Crippen LogP contribution in [-0.2, 0) is 14.8 Å². The molecule has 0 aliphatic heterocycles. The molecule has 0 saturated carbocycles. The summed E-state index contributed by atoms with van der Waals surface area (Å²) in [5.41, 5.74) is 3.19. The van der Waals surface area contributed by atoms with Crippen LogP contribution in [0.4, 0.5) is 5.69 Å². The number of carbonyl (C=O) groups is 1. The van der Waals surface area contributed by atoms with Gasteiger partial charge in [0.05, 0.1) is 42.6 Å². The average molecular weight is 597 g/mol. The molecule has 3 rings (SSSR count). The highest BCUT2D eigenvalue weighted by Gasteiger charge is 2.27. The molecule has 0 fully saturated rings. The standard InChI is InChI=1S/C24H23BrClN3O6S/c1-33-19-7-9-20(10-8-19)36(31,32)29(18-6-4-5-17(26)13-18)15-23(30)28-27-14-16-11-21(25)24(35-3)22(12-16)34-2/h4-14H,15H2,1-3H3,(H,28,30)/b27-14-. The summed E-state index contributed by atoms with van der Waals surface area (Å²) in [6, 6.07) is 15.4. The van der Waals surface area contributed by atoms with Crippen molar-refractivity contribution >= 4 is 55.4 Å². The van der Waals surface area contributed by atoms with E-state index in [4.69, 9.17) is 25.8 Å². The summed E-state index contributed by atoms with van der Waals surface area (Å²) in [6.45, 7) is -0.540. The number of methoxy groups -OCH3 is 3. The molecule has 190 valence electrons. The molecule has 0 atom stereocenters. The summed E-state index contributed by atoms with van der Waals surface area (Å²) in [5.74, 6) is 0.817. The highest BCUT2D eigenvalue weighted by molar-refractivity contribution is 9.10. The van der Waals surface area contributed by atoms with Gasteiger partial charge in [-0.2, -0.15) is 5.10 Å². The number of nitrogens with zero attached hydrogens (tertiary/aromatic N) is 2. The lowest BCUT2D eigenvalue weighted by Crippen LogP contribution is -2.39. The van der Waals surface area contributed by atoms with E-state index in [0.29, 0.717) is 32.3 Å². The fourth-order valence-electron chi connectivity index (χ4n) is 3.18. The van der Waals surface area contributed by atoms with Crippen LogP contribution in [-0.4, -0.2) is 48.4 Å². The van der Waals surface area contributed by atoms with Gasteiger partial charge in [0.15, 0.2) is 11.5 Å². The molecule has 0 saturated heterocycles. The smallest absolute Gasteiger partial charge is 0.264 e. The second-order valence-electron chi connectivity index (χ2n) is 7.20. The first-order valence-corrected chi connectivity index (χ1v) is 13.0. The Hall–Kier alpha value is -3.28. The Balaban J connectivity index is 1.84. The van der Waals surface area contributed by atoms with E-state index in [2.05, 4.69) is 26.5 Å². The number of hydrazone groups is 1. The van der Waals surface area contributed by atoms with Crippen molar-refractivity contribution in [2.45, 2.75) is 4.90 Å². The largest absolute Gasteiger partial charge is 0.497 e. The Labute approximate surface area is 222 Å². The maximum absolute atomic E-state index is 13.4. The van der Waals surface area contributed by atoms with Crippen molar-refractivity contribution < 1.29 is 27.4 Å². The summed E-state index contributed by atoms with van der Waals surface area (Å²) in [5, 5.41) is 4.27. The molecule has 0 aromatic heterocycles. The number of benzene rings is 3. The first kappa shape index (κ1) is 27.3. The molecule has 0 aliphatic rings. The Morgan fingerprint density at radius 1 is 1.06 bits per heavy atom. The summed E-state index contributed by atoms with van der Waals surface area (Å²) >= 11 is 9.48. The third-order valence-corrected chi connectivity index (χ3v) is 7.50. The van der Waals surface area contributed by atoms with Gasteiger partial charge in [0, 0.05) is 5.02 Å². The van der Waals surface area contributed by atoms with Crippen LogP contribution in [0.1, 0.15) is 5.56 Å². The lowest BCUT2D eigenvalue weighted by atomic mass is 10.2. The molecule has 0 spiro atoms. The number of nitrogens with one attached hydrogen (secondary N) is 1. The van der Waals surface area contributed by atoms with Gasteiger partial charge in [0.25, 0.3) is 15.9 Å². The molecule has 0 aliphatic carbocycles. The molecule has 1 N–H and O–H groups in total. The summed E-state index contributed by atoms with van der Waals surface area (Å²) < 4.78 is 44.1. The number of rotatable bonds is 10. The van der Waals surface area contributed by atoms with Crippen molar-refractivity contribution in [3.05, 3.63) is 75.7 Å². The van der Waals surface area contributed by atoms with Gasteiger partial charge in [-0.15, -0.1) is 0 Å². The number of hydrogen-bond donors (Lipinski definition) is 1. The fourth-order valence-corrected chi connectivity index (χ4v) is 5.40. The zero-order valence-electron chi connectivity index (χ0n) is 19.6. The normalized spacial score (nSPS) is 11.2. The van der Waals surface area contributed by atoms with Crippen LogP contribution >= 0.6 is 27.5 Å². The van der Waals surface area contributed by atoms with Crippen molar-refractivity contribution in [3.8, 4) is 17.2 Å². The monoisotopic (exact) mass is 595 g/mol. The molecule has 12 heteroatoms. The van der Waals surface area contributed by atoms with Crippen molar-refractivity contribution in [1.29, 1.82) is 0 Å². The number of hydrogen-bond acceptors (Lipinski definition) is 7. The predicted octanol–water partition coefficient (Wildman–Crippen LogP) is 4.47. The van der Waals surface area contributed by atoms with E-state index in [9.17, 15) is 13.2 Å². The van der Waals surface area contributed by atoms with Gasteiger partial charge in [-0.25, -0.2) is 13.8 Å². The third kappa shape index (κ3) is 6.48. The van der Waals surface area contributed by atoms with Gasteiger partial charge in [0.1, 0.15) is 12.3 Å². The fraction of sp³-hybridized carbons (Fsp3) is 0.167. The lowest BCUT2D eigenvalue weighted by molar-refractivity contribution is -0.119. The Kier molecular flexibility index (Phi) is 9.19. The van der Waals surface area contributed by atoms with E-state index in [0.717, 1.165) is 4.31 Å². The minimum absolute atomic E-state index is 0.0187. The summed E-state index contributed by atoms with van der Waals surface area (Å²) in [4.78, 5) is 12.7. The quantitative estimate of drug-likeness (QED) is 0.273. The summed E-state index contributed by atoms with van der Waals surface area (Å²) in [7, 11) is 0.376. The Morgan fingerprint density at radius 3 is 2.39 bits per heavy atom. The first-order chi connectivity index (χ1) is 17.2. The van der Waals surface area contributed by atoms with E-state index in [1.54, 1.807) is 30.3 Å². The zero-order chi connectivity index (χ0) is 26.3. The molecular weight excluding hydrogens is 574 g/mol. The molecule has 1 amide bonds. The van der Waals surface area contributed by atoms with Crippen LogP contribution in [0.5, 0.6) is 17.2 Å². The van der Waals surface area contributed by atoms with Crippen LogP contribution in [0.3, 0.4) is 0 Å². The second kappa shape index (κ2) is 12.1. The van der Waals surface area contributed by atoms with Crippen LogP contribution in [0.15, 0.2) is 75.1 Å². The van der Waals surface area contributed by atoms with Gasteiger partial charge in [-0.1, -0.05) is 17.7 Å². The number of anilines is 1. The van der Waals surface area contributed by atoms with Crippen molar-refractivity contribution in [3.63, 3.8) is 0 Å². The first-order valence-electron chi connectivity index (χ1n) is 10.4. The van der Waals surface area contributed by atoms with E-state index in [-0.39, 0.29) is 10.6 Å². The zero-order valence-corrected chi connectivity index (χ0v) is 22.7. The van der Waals surface area contributed by atoms with Crippen molar-refractivity contribution in [2.24, 2.45) is 5.10 Å². The minimum Gasteiger partial charge on any atom is -0.497 e. The molecule has 3 aromatic carbocycles. The molecular formula is C24H23BrClN3O6S. The maximum atomic E-state index is 13.4. The van der Waals surface area contributed by atoms with E-state index < -0.39 is 22.5 Å². The second-order valence-corrected chi connectivity index (χ2v) is 10.4. The third-order valence-electron chi connectivity index (χ3n) is 4.89. The molecule has 3 aromatic rings. The summed E-state index contributed by atoms with van der Waals surface area (Å²) in [6.07, 6.45) is 1.40. The molecule has 0 bridgehead atoms. The number of carbonyl (C=O) groups excluding carboxylic acids is 1. The topological polar surface area (TPSA) is 107 Å². The van der Waals surface area contributed by atoms with E-state index in [1.165, 1.54) is 57.9 Å². The maximum Gasteiger partial charge on any atom is 0.264 e. The lowest BCUT2D eigenvalue weighted by Gasteiger charge is -2.24. The molecule has 36 heavy (non-hydrogen) atoms.